The first-order valence-electron chi connectivity index (χ1n) is 13.7. The zero-order valence-corrected chi connectivity index (χ0v) is 23.0. The van der Waals surface area contributed by atoms with Crippen LogP contribution in [0.2, 0.25) is 0 Å². The molecule has 1 aliphatic rings. The number of piperidine rings is 1. The summed E-state index contributed by atoms with van der Waals surface area (Å²) in [5.74, 6) is 2.35. The van der Waals surface area contributed by atoms with Gasteiger partial charge >= 0.3 is 0 Å². The zero-order valence-electron chi connectivity index (χ0n) is 23.0. The molecule has 6 rings (SSSR count). The fraction of sp³-hybridized carbons (Fsp3) is 0.323. The van der Waals surface area contributed by atoms with Gasteiger partial charge in [0.25, 0.3) is 0 Å². The number of nitrogens with one attached hydrogen (secondary N) is 1. The average molecular weight is 540 g/mol. The molecule has 1 fully saturated rings. The van der Waals surface area contributed by atoms with Crippen LogP contribution in [0.15, 0.2) is 65.2 Å². The number of hydrogen-bond donors (Lipinski definition) is 1. The minimum atomic E-state index is -0.0334. The van der Waals surface area contributed by atoms with Gasteiger partial charge in [-0.05, 0) is 75.3 Å². The Kier molecular flexibility index (Phi) is 7.13. The molecular weight excluding hydrogens is 506 g/mol. The van der Waals surface area contributed by atoms with Crippen molar-refractivity contribution in [2.45, 2.75) is 32.9 Å². The normalized spacial score (nSPS) is 14.6. The topological polar surface area (TPSA) is 94.7 Å². The Labute approximate surface area is 232 Å². The summed E-state index contributed by atoms with van der Waals surface area (Å²) in [6.07, 6.45) is 1.56. The summed E-state index contributed by atoms with van der Waals surface area (Å²) in [7, 11) is 3.20. The fourth-order valence-electron chi connectivity index (χ4n) is 5.67. The number of benzene rings is 3. The molecule has 0 unspecified atom stereocenters. The number of aryl methyl sites for hydroxylation is 1. The van der Waals surface area contributed by atoms with Crippen molar-refractivity contribution in [3.63, 3.8) is 0 Å². The van der Waals surface area contributed by atoms with E-state index in [1.54, 1.807) is 14.2 Å². The van der Waals surface area contributed by atoms with Gasteiger partial charge in [-0.25, -0.2) is 0 Å². The number of carbonyl (C=O) groups is 1. The predicted octanol–water partition coefficient (Wildman–Crippen LogP) is 5.73. The molecule has 1 amide bonds. The van der Waals surface area contributed by atoms with Gasteiger partial charge in [0.15, 0.2) is 11.5 Å². The number of fused-ring (bicyclic) bond motifs is 3. The number of rotatable bonds is 8. The lowest BCUT2D eigenvalue weighted by Gasteiger charge is -2.30. The number of methoxy groups -OCH3 is 2. The molecule has 0 spiro atoms. The number of anilines is 1. The number of nitrogens with zero attached hydrogens (tertiary/aromatic N) is 4. The number of para-hydroxylation sites is 1. The third-order valence-corrected chi connectivity index (χ3v) is 7.78. The Morgan fingerprint density at radius 3 is 2.52 bits per heavy atom. The fourth-order valence-corrected chi connectivity index (χ4v) is 5.67. The van der Waals surface area contributed by atoms with E-state index >= 15 is 0 Å². The number of aromatic nitrogens is 3. The van der Waals surface area contributed by atoms with Gasteiger partial charge in [-0.3, -0.25) is 9.69 Å². The van der Waals surface area contributed by atoms with E-state index in [0.29, 0.717) is 29.8 Å². The number of amides is 1. The first-order valence-corrected chi connectivity index (χ1v) is 13.7. The zero-order chi connectivity index (χ0) is 27.6. The maximum absolute atomic E-state index is 13.2. The monoisotopic (exact) mass is 539 g/mol. The van der Waals surface area contributed by atoms with Gasteiger partial charge in [0.1, 0.15) is 0 Å². The summed E-state index contributed by atoms with van der Waals surface area (Å²) in [5.41, 5.74) is 4.03. The van der Waals surface area contributed by atoms with Gasteiger partial charge in [0.2, 0.25) is 17.6 Å². The van der Waals surface area contributed by atoms with E-state index in [-0.39, 0.29) is 11.8 Å². The van der Waals surface area contributed by atoms with Crippen LogP contribution < -0.4 is 14.8 Å². The minimum Gasteiger partial charge on any atom is -0.493 e. The van der Waals surface area contributed by atoms with Crippen molar-refractivity contribution < 1.29 is 18.8 Å². The number of likely N-dealkylation sites (tertiary alicyclic amines) is 1. The second-order valence-corrected chi connectivity index (χ2v) is 10.1. The summed E-state index contributed by atoms with van der Waals surface area (Å²) in [6, 6.07) is 20.2. The maximum atomic E-state index is 13.2. The highest BCUT2D eigenvalue weighted by molar-refractivity contribution is 6.09. The molecule has 9 heteroatoms. The molecule has 0 bridgehead atoms. The first kappa shape index (κ1) is 25.9. The van der Waals surface area contributed by atoms with Crippen LogP contribution in [-0.4, -0.2) is 52.8 Å². The highest BCUT2D eigenvalue weighted by Gasteiger charge is 2.26. The molecule has 0 atom stereocenters. The lowest BCUT2D eigenvalue weighted by Crippen LogP contribution is -2.37. The number of ether oxygens (including phenoxy) is 2. The Bertz CT molecular complexity index is 1670. The molecule has 1 saturated heterocycles. The van der Waals surface area contributed by atoms with Gasteiger partial charge in [-0.1, -0.05) is 23.4 Å². The van der Waals surface area contributed by atoms with Crippen molar-refractivity contribution in [2.75, 3.05) is 32.6 Å². The molecule has 0 radical (unpaired) electrons. The lowest BCUT2D eigenvalue weighted by atomic mass is 9.95. The predicted molar refractivity (Wildman–Crippen MR) is 155 cm³/mol. The third kappa shape index (κ3) is 4.88. The molecule has 206 valence electrons. The molecule has 0 saturated carbocycles. The molecule has 3 heterocycles. The summed E-state index contributed by atoms with van der Waals surface area (Å²) >= 11 is 0. The van der Waals surface area contributed by atoms with Gasteiger partial charge < -0.3 is 23.9 Å². The number of hydrogen-bond acceptors (Lipinski definition) is 7. The molecule has 1 N–H and O–H groups in total. The van der Waals surface area contributed by atoms with Gasteiger partial charge in [-0.15, -0.1) is 0 Å². The van der Waals surface area contributed by atoms with Crippen molar-refractivity contribution in [1.82, 2.24) is 19.6 Å². The Morgan fingerprint density at radius 2 is 1.75 bits per heavy atom. The molecule has 5 aromatic rings. The van der Waals surface area contributed by atoms with E-state index in [9.17, 15) is 4.79 Å². The molecule has 0 aliphatic carbocycles. The number of carbonyl (C=O) groups excluding carboxylic acids is 1. The Hall–Kier alpha value is -4.37. The van der Waals surface area contributed by atoms with Gasteiger partial charge in [0.05, 0.1) is 20.8 Å². The van der Waals surface area contributed by atoms with Crippen molar-refractivity contribution in [1.29, 1.82) is 0 Å². The SMILES string of the molecule is CCn1c2ccccc2c2cc(NC(=O)C3CCN(Cc4nc(-c5ccc(OC)c(OC)c5)no4)CC3)ccc21. The molecule has 2 aromatic heterocycles. The van der Waals surface area contributed by atoms with E-state index in [0.717, 1.165) is 49.1 Å². The van der Waals surface area contributed by atoms with Crippen molar-refractivity contribution >= 4 is 33.4 Å². The molecule has 9 nitrogen and oxygen atoms in total. The van der Waals surface area contributed by atoms with Crippen LogP contribution in [0.4, 0.5) is 5.69 Å². The molecule has 3 aromatic carbocycles. The standard InChI is InChI=1S/C31H33N5O4/c1-4-36-25-8-6-5-7-23(25)24-18-22(10-11-26(24)36)32-31(37)20-13-15-35(16-14-20)19-29-33-30(34-40-29)21-9-12-27(38-2)28(17-21)39-3/h5-12,17-18,20H,4,13-16,19H2,1-3H3,(H,32,37). The highest BCUT2D eigenvalue weighted by Crippen LogP contribution is 2.33. The third-order valence-electron chi connectivity index (χ3n) is 7.78. The van der Waals surface area contributed by atoms with Crippen molar-refractivity contribution in [3.8, 4) is 22.9 Å². The van der Waals surface area contributed by atoms with E-state index in [4.69, 9.17) is 14.0 Å². The summed E-state index contributed by atoms with van der Waals surface area (Å²) < 4.78 is 18.5. The van der Waals surface area contributed by atoms with Crippen LogP contribution >= 0.6 is 0 Å². The lowest BCUT2D eigenvalue weighted by molar-refractivity contribution is -0.121. The summed E-state index contributed by atoms with van der Waals surface area (Å²) in [4.78, 5) is 20.0. The highest BCUT2D eigenvalue weighted by atomic mass is 16.5. The largest absolute Gasteiger partial charge is 0.493 e. The van der Waals surface area contributed by atoms with E-state index < -0.39 is 0 Å². The molecular formula is C31H33N5O4. The van der Waals surface area contributed by atoms with Crippen LogP contribution in [0.3, 0.4) is 0 Å². The van der Waals surface area contributed by atoms with Crippen LogP contribution in [0.25, 0.3) is 33.2 Å². The minimum absolute atomic E-state index is 0.0334. The second-order valence-electron chi connectivity index (χ2n) is 10.1. The van der Waals surface area contributed by atoms with Crippen molar-refractivity contribution in [3.05, 3.63) is 66.6 Å². The summed E-state index contributed by atoms with van der Waals surface area (Å²) in [6.45, 7) is 5.18. The van der Waals surface area contributed by atoms with Crippen molar-refractivity contribution in [2.24, 2.45) is 5.92 Å². The van der Waals surface area contributed by atoms with Crippen LogP contribution in [0, 0.1) is 5.92 Å². The van der Waals surface area contributed by atoms with Gasteiger partial charge in [0, 0.05) is 45.5 Å². The van der Waals surface area contributed by atoms with Crippen LogP contribution in [0.1, 0.15) is 25.7 Å². The van der Waals surface area contributed by atoms with E-state index in [2.05, 4.69) is 68.2 Å². The van der Waals surface area contributed by atoms with E-state index in [1.807, 2.05) is 24.3 Å². The quantitative estimate of drug-likeness (QED) is 0.269. The second kappa shape index (κ2) is 11.0. The van der Waals surface area contributed by atoms with E-state index in [1.165, 1.54) is 16.4 Å². The average Bonchev–Trinajstić information content (AvgIpc) is 3.59. The molecule has 1 aliphatic heterocycles. The van der Waals surface area contributed by atoms with Gasteiger partial charge in [-0.2, -0.15) is 4.98 Å². The molecule has 40 heavy (non-hydrogen) atoms. The first-order chi connectivity index (χ1) is 19.6. The Balaban J connectivity index is 1.07. The van der Waals surface area contributed by atoms with Crippen LogP contribution in [0.5, 0.6) is 11.5 Å². The smallest absolute Gasteiger partial charge is 0.241 e. The van der Waals surface area contributed by atoms with Crippen LogP contribution in [-0.2, 0) is 17.9 Å². The summed E-state index contributed by atoms with van der Waals surface area (Å²) in [5, 5.41) is 9.69. The Morgan fingerprint density at radius 1 is 0.975 bits per heavy atom. The maximum Gasteiger partial charge on any atom is 0.241 e.